The van der Waals surface area contributed by atoms with Crippen molar-refractivity contribution in [3.63, 3.8) is 0 Å². The monoisotopic (exact) mass is 226 g/mol. The number of benzene rings is 1. The molecule has 4 heteroatoms. The highest BCUT2D eigenvalue weighted by Crippen LogP contribution is 2.23. The Morgan fingerprint density at radius 1 is 1.53 bits per heavy atom. The van der Waals surface area contributed by atoms with Gasteiger partial charge in [-0.1, -0.05) is 11.6 Å². The van der Waals surface area contributed by atoms with Gasteiger partial charge >= 0.3 is 0 Å². The first-order valence-corrected chi connectivity index (χ1v) is 5.15. The van der Waals surface area contributed by atoms with Crippen LogP contribution in [0.1, 0.15) is 6.92 Å². The number of nitrogens with two attached hydrogens (primary N) is 1. The molecule has 0 amide bonds. The van der Waals surface area contributed by atoms with Crippen molar-refractivity contribution in [2.45, 2.75) is 19.5 Å². The number of halogens is 2. The van der Waals surface area contributed by atoms with E-state index in [2.05, 4.69) is 0 Å². The van der Waals surface area contributed by atoms with E-state index in [-0.39, 0.29) is 11.1 Å². The largest absolute Gasteiger partial charge is 0.346 e. The van der Waals surface area contributed by atoms with Crippen molar-refractivity contribution in [3.05, 3.63) is 35.2 Å². The Morgan fingerprint density at radius 3 is 2.93 bits per heavy atom. The van der Waals surface area contributed by atoms with Gasteiger partial charge in [0.15, 0.2) is 0 Å². The lowest BCUT2D eigenvalue weighted by Gasteiger charge is -2.08. The average molecular weight is 227 g/mol. The smallest absolute Gasteiger partial charge is 0.143 e. The summed E-state index contributed by atoms with van der Waals surface area (Å²) in [7, 11) is 0. The number of nitrogens with zero attached hydrogens (tertiary/aromatic N) is 1. The van der Waals surface area contributed by atoms with Crippen LogP contribution in [0.5, 0.6) is 0 Å². The van der Waals surface area contributed by atoms with E-state index >= 15 is 0 Å². The highest BCUT2D eigenvalue weighted by atomic mass is 35.5. The fourth-order valence-electron chi connectivity index (χ4n) is 1.65. The Labute approximate surface area is 92.4 Å². The van der Waals surface area contributed by atoms with Gasteiger partial charge in [-0.15, -0.1) is 0 Å². The van der Waals surface area contributed by atoms with Crippen molar-refractivity contribution in [1.82, 2.24) is 4.57 Å². The summed E-state index contributed by atoms with van der Waals surface area (Å²) in [5, 5.41) is 1.09. The molecule has 1 heterocycles. The third kappa shape index (κ3) is 1.98. The Morgan fingerprint density at radius 2 is 2.27 bits per heavy atom. The molecule has 1 aromatic carbocycles. The summed E-state index contributed by atoms with van der Waals surface area (Å²) in [6.07, 6.45) is 1.89. The van der Waals surface area contributed by atoms with Crippen LogP contribution in [-0.4, -0.2) is 10.6 Å². The van der Waals surface area contributed by atoms with Gasteiger partial charge in [-0.2, -0.15) is 0 Å². The number of hydrogen-bond acceptors (Lipinski definition) is 1. The van der Waals surface area contributed by atoms with Crippen LogP contribution in [0.15, 0.2) is 24.4 Å². The Kier molecular flexibility index (Phi) is 2.67. The van der Waals surface area contributed by atoms with Crippen molar-refractivity contribution in [2.24, 2.45) is 5.73 Å². The zero-order valence-electron chi connectivity index (χ0n) is 8.37. The second kappa shape index (κ2) is 3.83. The van der Waals surface area contributed by atoms with Crippen LogP contribution < -0.4 is 5.73 Å². The minimum absolute atomic E-state index is 0.0411. The normalized spacial score (nSPS) is 13.3. The fraction of sp³-hybridized carbons (Fsp3) is 0.273. The number of rotatable bonds is 2. The number of aromatic nitrogens is 1. The summed E-state index contributed by atoms with van der Waals surface area (Å²) in [6.45, 7) is 2.59. The molecule has 1 aromatic heterocycles. The second-order valence-corrected chi connectivity index (χ2v) is 4.18. The van der Waals surface area contributed by atoms with Gasteiger partial charge in [-0.05, 0) is 25.1 Å². The second-order valence-electron chi connectivity index (χ2n) is 3.77. The van der Waals surface area contributed by atoms with Crippen LogP contribution in [0.4, 0.5) is 4.39 Å². The van der Waals surface area contributed by atoms with E-state index in [1.54, 1.807) is 6.07 Å². The maximum atomic E-state index is 13.3. The summed E-state index contributed by atoms with van der Waals surface area (Å²) in [4.78, 5) is 0. The van der Waals surface area contributed by atoms with Crippen molar-refractivity contribution in [3.8, 4) is 0 Å². The molecular formula is C11H12ClFN2. The van der Waals surface area contributed by atoms with Crippen LogP contribution in [0, 0.1) is 5.82 Å². The molecule has 0 saturated carbocycles. The predicted octanol–water partition coefficient (Wildman–Crippen LogP) is 2.78. The first-order chi connectivity index (χ1) is 7.08. The lowest BCUT2D eigenvalue weighted by Crippen LogP contribution is -2.21. The SMILES string of the molecule is C[C@H](N)Cn1ccc2cc(Cl)c(F)cc21. The molecule has 0 aliphatic carbocycles. The predicted molar refractivity (Wildman–Crippen MR) is 60.6 cm³/mol. The van der Waals surface area contributed by atoms with Crippen molar-refractivity contribution in [1.29, 1.82) is 0 Å². The average Bonchev–Trinajstić information content (AvgIpc) is 2.49. The van der Waals surface area contributed by atoms with Crippen LogP contribution in [0.25, 0.3) is 10.9 Å². The molecule has 2 N–H and O–H groups in total. The van der Waals surface area contributed by atoms with Gasteiger partial charge in [0.2, 0.25) is 0 Å². The maximum absolute atomic E-state index is 13.3. The van der Waals surface area contributed by atoms with Crippen molar-refractivity contribution >= 4 is 22.5 Å². The van der Waals surface area contributed by atoms with Crippen LogP contribution in [-0.2, 0) is 6.54 Å². The summed E-state index contributed by atoms with van der Waals surface area (Å²) in [5.41, 5.74) is 6.53. The molecule has 1 atom stereocenters. The minimum Gasteiger partial charge on any atom is -0.346 e. The maximum Gasteiger partial charge on any atom is 0.143 e. The lowest BCUT2D eigenvalue weighted by atomic mass is 10.2. The topological polar surface area (TPSA) is 30.9 Å². The molecule has 0 aliphatic heterocycles. The van der Waals surface area contributed by atoms with E-state index in [0.717, 1.165) is 10.9 Å². The van der Waals surface area contributed by atoms with Gasteiger partial charge in [-0.3, -0.25) is 0 Å². The standard InChI is InChI=1S/C11H12ClFN2/c1-7(14)6-15-3-2-8-4-9(12)10(13)5-11(8)15/h2-5,7H,6,14H2,1H3/t7-/m0/s1. The molecule has 0 unspecified atom stereocenters. The molecule has 80 valence electrons. The third-order valence-electron chi connectivity index (χ3n) is 2.30. The molecule has 0 bridgehead atoms. The van der Waals surface area contributed by atoms with E-state index in [1.165, 1.54) is 6.07 Å². The highest BCUT2D eigenvalue weighted by molar-refractivity contribution is 6.31. The summed E-state index contributed by atoms with van der Waals surface area (Å²) >= 11 is 5.69. The highest BCUT2D eigenvalue weighted by Gasteiger charge is 2.07. The van der Waals surface area contributed by atoms with Gasteiger partial charge < -0.3 is 10.3 Å². The number of fused-ring (bicyclic) bond motifs is 1. The Hall–Kier alpha value is -1.06. The first-order valence-electron chi connectivity index (χ1n) is 4.77. The molecule has 2 aromatic rings. The Balaban J connectivity index is 2.54. The van der Waals surface area contributed by atoms with Crippen molar-refractivity contribution in [2.75, 3.05) is 0 Å². The van der Waals surface area contributed by atoms with E-state index < -0.39 is 5.82 Å². The van der Waals surface area contributed by atoms with E-state index in [4.69, 9.17) is 17.3 Å². The van der Waals surface area contributed by atoms with Crippen molar-refractivity contribution < 1.29 is 4.39 Å². The Bertz CT molecular complexity index is 491. The summed E-state index contributed by atoms with van der Waals surface area (Å²) in [6, 6.07) is 5.02. The van der Waals surface area contributed by atoms with E-state index in [1.807, 2.05) is 23.8 Å². The number of hydrogen-bond donors (Lipinski definition) is 1. The molecule has 2 nitrogen and oxygen atoms in total. The third-order valence-corrected chi connectivity index (χ3v) is 2.59. The fourth-order valence-corrected chi connectivity index (χ4v) is 1.83. The van der Waals surface area contributed by atoms with Gasteiger partial charge in [0.05, 0.1) is 10.5 Å². The van der Waals surface area contributed by atoms with E-state index in [0.29, 0.717) is 6.54 Å². The van der Waals surface area contributed by atoms with Crippen LogP contribution in [0.2, 0.25) is 5.02 Å². The molecule has 0 saturated heterocycles. The lowest BCUT2D eigenvalue weighted by molar-refractivity contribution is 0.600. The molecule has 0 fully saturated rings. The van der Waals surface area contributed by atoms with Crippen LogP contribution >= 0.6 is 11.6 Å². The van der Waals surface area contributed by atoms with Gasteiger partial charge in [0.1, 0.15) is 5.82 Å². The molecular weight excluding hydrogens is 215 g/mol. The minimum atomic E-state index is -0.395. The molecule has 0 spiro atoms. The summed E-state index contributed by atoms with van der Waals surface area (Å²) in [5.74, 6) is -0.395. The molecule has 2 rings (SSSR count). The van der Waals surface area contributed by atoms with E-state index in [9.17, 15) is 4.39 Å². The van der Waals surface area contributed by atoms with Gasteiger partial charge in [-0.25, -0.2) is 4.39 Å². The van der Waals surface area contributed by atoms with Gasteiger partial charge in [0, 0.05) is 24.2 Å². The molecule has 15 heavy (non-hydrogen) atoms. The summed E-state index contributed by atoms with van der Waals surface area (Å²) < 4.78 is 15.2. The quantitative estimate of drug-likeness (QED) is 0.839. The first kappa shape index (κ1) is 10.5. The molecule has 0 aliphatic rings. The zero-order valence-corrected chi connectivity index (χ0v) is 9.13. The van der Waals surface area contributed by atoms with Crippen LogP contribution in [0.3, 0.4) is 0 Å². The molecule has 0 radical (unpaired) electrons. The zero-order chi connectivity index (χ0) is 11.0. The van der Waals surface area contributed by atoms with Gasteiger partial charge in [0.25, 0.3) is 0 Å².